The molecule has 0 aliphatic carbocycles. The number of carboxylic acid groups (broad SMARTS) is 1. The van der Waals surface area contributed by atoms with Gasteiger partial charge < -0.3 is 44.5 Å². The molecule has 0 saturated heterocycles. The summed E-state index contributed by atoms with van der Waals surface area (Å²) in [7, 11) is 0. The standard InChI is InChI=1S/C13H23NO6.C13H25NO5.C5H10O2/c1-12(2,3)19-10(17)8(7-9(15)16)14-11(18)20-13(4,5)6;1-12(2,3)18-10(16)9(7-8-15)14-11(17)19-13(4,5)6;1-4(2)7-5(3)6/h8H,7H2,1-6H3,(H,14,18)(H,15,16);9,15H,7-8H2,1-6H3,(H,14,17);4H,1-3H3/t8-;9-;/m11./s1. The number of aliphatic carboxylic acids is 1. The SMILES string of the molecule is CC(=O)OC(C)C.CC(C)(C)OC(=O)N[C@H](CC(=O)O)C(=O)OC(C)(C)C.CC(C)(C)OC(=O)N[C@H](CCO)C(=O)OC(C)(C)C. The van der Waals surface area contributed by atoms with Crippen molar-refractivity contribution in [2.24, 2.45) is 0 Å². The summed E-state index contributed by atoms with van der Waals surface area (Å²) >= 11 is 0. The Bertz CT molecular complexity index is 982. The number of alkyl carbamates (subject to hydrolysis) is 2. The van der Waals surface area contributed by atoms with E-state index in [-0.39, 0.29) is 25.1 Å². The van der Waals surface area contributed by atoms with E-state index in [1.807, 2.05) is 13.8 Å². The molecule has 4 N–H and O–H groups in total. The zero-order valence-corrected chi connectivity index (χ0v) is 30.2. The Morgan fingerprint density at radius 1 is 0.609 bits per heavy atom. The molecule has 0 aromatic carbocycles. The molecule has 15 nitrogen and oxygen atoms in total. The summed E-state index contributed by atoms with van der Waals surface area (Å²) in [6.45, 7) is 25.1. The summed E-state index contributed by atoms with van der Waals surface area (Å²) in [5, 5.41) is 22.3. The number of carbonyl (C=O) groups is 6. The number of nitrogens with one attached hydrogen (secondary N) is 2. The molecule has 2 atom stereocenters. The van der Waals surface area contributed by atoms with Crippen LogP contribution in [0, 0.1) is 0 Å². The first-order chi connectivity index (χ1) is 20.4. The van der Waals surface area contributed by atoms with Gasteiger partial charge in [0.25, 0.3) is 0 Å². The van der Waals surface area contributed by atoms with E-state index < -0.39 is 71.0 Å². The fourth-order valence-corrected chi connectivity index (χ4v) is 2.72. The van der Waals surface area contributed by atoms with Gasteiger partial charge in [-0.2, -0.15) is 0 Å². The van der Waals surface area contributed by atoms with E-state index in [0.29, 0.717) is 0 Å². The first-order valence-electron chi connectivity index (χ1n) is 14.8. The van der Waals surface area contributed by atoms with Crippen molar-refractivity contribution >= 4 is 36.1 Å². The van der Waals surface area contributed by atoms with Gasteiger partial charge in [-0.3, -0.25) is 9.59 Å². The molecule has 0 rings (SSSR count). The summed E-state index contributed by atoms with van der Waals surface area (Å²) in [4.78, 5) is 67.6. The average molecular weight is 667 g/mol. The van der Waals surface area contributed by atoms with Gasteiger partial charge in [0.15, 0.2) is 0 Å². The molecular weight excluding hydrogens is 608 g/mol. The largest absolute Gasteiger partial charge is 0.481 e. The Morgan fingerprint density at radius 2 is 0.935 bits per heavy atom. The highest BCUT2D eigenvalue weighted by Crippen LogP contribution is 2.13. The molecule has 0 fully saturated rings. The van der Waals surface area contributed by atoms with Crippen LogP contribution in [0.3, 0.4) is 0 Å². The lowest BCUT2D eigenvalue weighted by Gasteiger charge is -2.25. The summed E-state index contributed by atoms with van der Waals surface area (Å²) in [6, 6.07) is -2.21. The normalized spacial score (nSPS) is 12.8. The molecule has 0 aliphatic rings. The molecule has 0 aromatic heterocycles. The Hall–Kier alpha value is -3.62. The fraction of sp³-hybridized carbons (Fsp3) is 0.806. The van der Waals surface area contributed by atoms with E-state index in [1.165, 1.54) is 6.92 Å². The van der Waals surface area contributed by atoms with Crippen molar-refractivity contribution in [3.8, 4) is 0 Å². The minimum Gasteiger partial charge on any atom is -0.481 e. The quantitative estimate of drug-likeness (QED) is 0.200. The summed E-state index contributed by atoms with van der Waals surface area (Å²) in [5.41, 5.74) is -2.82. The zero-order valence-electron chi connectivity index (χ0n) is 30.2. The van der Waals surface area contributed by atoms with Gasteiger partial charge in [0.2, 0.25) is 0 Å². The number of carboxylic acids is 1. The average Bonchev–Trinajstić information content (AvgIpc) is 2.73. The fourth-order valence-electron chi connectivity index (χ4n) is 2.72. The van der Waals surface area contributed by atoms with E-state index in [0.717, 1.165) is 0 Å². The number of carbonyl (C=O) groups excluding carboxylic acids is 5. The predicted molar refractivity (Wildman–Crippen MR) is 169 cm³/mol. The van der Waals surface area contributed by atoms with E-state index in [2.05, 4.69) is 15.4 Å². The van der Waals surface area contributed by atoms with Crippen LogP contribution in [-0.4, -0.2) is 93.5 Å². The van der Waals surface area contributed by atoms with Crippen LogP contribution in [0.1, 0.15) is 117 Å². The van der Waals surface area contributed by atoms with Crippen LogP contribution in [0.4, 0.5) is 9.59 Å². The van der Waals surface area contributed by atoms with Gasteiger partial charge in [-0.25, -0.2) is 19.2 Å². The van der Waals surface area contributed by atoms with Crippen LogP contribution in [0.25, 0.3) is 0 Å². The van der Waals surface area contributed by atoms with E-state index in [9.17, 15) is 28.8 Å². The third-order valence-electron chi connectivity index (χ3n) is 3.96. The smallest absolute Gasteiger partial charge is 0.408 e. The van der Waals surface area contributed by atoms with Gasteiger partial charge in [0, 0.05) is 20.0 Å². The van der Waals surface area contributed by atoms with Crippen LogP contribution in [0.5, 0.6) is 0 Å². The number of hydrogen-bond donors (Lipinski definition) is 4. The molecule has 46 heavy (non-hydrogen) atoms. The van der Waals surface area contributed by atoms with Crippen molar-refractivity contribution in [3.63, 3.8) is 0 Å². The van der Waals surface area contributed by atoms with Crippen LogP contribution in [-0.2, 0) is 42.9 Å². The number of esters is 3. The van der Waals surface area contributed by atoms with E-state index >= 15 is 0 Å². The molecular formula is C31H58N2O13. The number of aliphatic hydroxyl groups is 1. The third kappa shape index (κ3) is 33.3. The number of hydrogen-bond acceptors (Lipinski definition) is 12. The number of ether oxygens (including phenoxy) is 5. The maximum atomic E-state index is 11.8. The molecule has 0 unspecified atom stereocenters. The summed E-state index contributed by atoms with van der Waals surface area (Å²) in [6.07, 6.45) is -2.05. The molecule has 0 bridgehead atoms. The highest BCUT2D eigenvalue weighted by Gasteiger charge is 2.31. The van der Waals surface area contributed by atoms with Crippen molar-refractivity contribution in [1.29, 1.82) is 0 Å². The maximum Gasteiger partial charge on any atom is 0.408 e. The lowest BCUT2D eigenvalue weighted by Crippen LogP contribution is -2.47. The first-order valence-corrected chi connectivity index (χ1v) is 14.8. The second-order valence-electron chi connectivity index (χ2n) is 14.2. The first kappa shape index (κ1) is 46.8. The molecule has 0 heterocycles. The molecule has 0 spiro atoms. The second-order valence-corrected chi connectivity index (χ2v) is 14.2. The van der Waals surface area contributed by atoms with Gasteiger partial charge in [-0.05, 0) is 96.9 Å². The Morgan fingerprint density at radius 3 is 1.17 bits per heavy atom. The Kier molecular flexibility index (Phi) is 20.8. The minimum atomic E-state index is -1.29. The van der Waals surface area contributed by atoms with Gasteiger partial charge in [0.1, 0.15) is 34.5 Å². The lowest BCUT2D eigenvalue weighted by molar-refractivity contribution is -0.160. The summed E-state index contributed by atoms with van der Waals surface area (Å²) in [5.74, 6) is -2.84. The second kappa shape index (κ2) is 20.5. The van der Waals surface area contributed by atoms with Gasteiger partial charge in [-0.1, -0.05) is 0 Å². The topological polar surface area (TPSA) is 213 Å². The Labute approximate surface area is 273 Å². The zero-order chi connectivity index (χ0) is 37.3. The van der Waals surface area contributed by atoms with Crippen LogP contribution in [0.15, 0.2) is 0 Å². The molecule has 15 heteroatoms. The molecule has 2 amide bonds. The van der Waals surface area contributed by atoms with Crippen LogP contribution < -0.4 is 10.6 Å². The molecule has 0 radical (unpaired) electrons. The molecule has 0 aromatic rings. The highest BCUT2D eigenvalue weighted by molar-refractivity contribution is 5.86. The van der Waals surface area contributed by atoms with E-state index in [1.54, 1.807) is 83.1 Å². The van der Waals surface area contributed by atoms with E-state index in [4.69, 9.17) is 29.2 Å². The van der Waals surface area contributed by atoms with Gasteiger partial charge in [-0.15, -0.1) is 0 Å². The minimum absolute atomic E-state index is 0.0255. The Balaban J connectivity index is -0.000000667. The number of aliphatic hydroxyl groups excluding tert-OH is 1. The summed E-state index contributed by atoms with van der Waals surface area (Å²) < 4.78 is 24.9. The molecule has 0 saturated carbocycles. The van der Waals surface area contributed by atoms with Crippen molar-refractivity contribution < 1.29 is 62.7 Å². The number of rotatable bonds is 9. The van der Waals surface area contributed by atoms with Crippen LogP contribution in [0.2, 0.25) is 0 Å². The predicted octanol–water partition coefficient (Wildman–Crippen LogP) is 4.26. The van der Waals surface area contributed by atoms with Gasteiger partial charge in [0.05, 0.1) is 12.5 Å². The number of amides is 2. The third-order valence-corrected chi connectivity index (χ3v) is 3.96. The van der Waals surface area contributed by atoms with Crippen LogP contribution >= 0.6 is 0 Å². The lowest BCUT2D eigenvalue weighted by atomic mass is 10.1. The highest BCUT2D eigenvalue weighted by atomic mass is 16.6. The monoisotopic (exact) mass is 666 g/mol. The maximum absolute atomic E-state index is 11.8. The molecule has 0 aliphatic heterocycles. The van der Waals surface area contributed by atoms with Crippen molar-refractivity contribution in [2.75, 3.05) is 6.61 Å². The van der Waals surface area contributed by atoms with Crippen molar-refractivity contribution in [1.82, 2.24) is 10.6 Å². The molecule has 270 valence electrons. The van der Waals surface area contributed by atoms with Gasteiger partial charge >= 0.3 is 36.1 Å². The van der Waals surface area contributed by atoms with Crippen molar-refractivity contribution in [2.45, 2.75) is 157 Å². The van der Waals surface area contributed by atoms with Crippen molar-refractivity contribution in [3.05, 3.63) is 0 Å².